The van der Waals surface area contributed by atoms with Gasteiger partial charge in [-0.1, -0.05) is 48.5 Å². The maximum atomic E-state index is 12.5. The summed E-state index contributed by atoms with van der Waals surface area (Å²) >= 11 is 0. The van der Waals surface area contributed by atoms with Crippen molar-refractivity contribution in [1.82, 2.24) is 0 Å². The summed E-state index contributed by atoms with van der Waals surface area (Å²) in [7, 11) is 1.53. The molecule has 0 unspecified atom stereocenters. The van der Waals surface area contributed by atoms with E-state index in [1.165, 1.54) is 7.11 Å². The summed E-state index contributed by atoms with van der Waals surface area (Å²) < 4.78 is 16.0. The number of hydrogen-bond donors (Lipinski definition) is 0. The van der Waals surface area contributed by atoms with Crippen LogP contribution >= 0.6 is 0 Å². The minimum atomic E-state index is -0.566. The van der Waals surface area contributed by atoms with E-state index in [4.69, 9.17) is 14.2 Å². The normalized spacial score (nSPS) is 10.2. The number of Topliss-reactive ketones (excluding diaryl/α,β-unsaturated/α-hetero) is 1. The molecule has 0 aliphatic heterocycles. The van der Waals surface area contributed by atoms with Crippen LogP contribution in [0.15, 0.2) is 78.9 Å². The minimum Gasteiger partial charge on any atom is -0.497 e. The smallest absolute Gasteiger partial charge is 0.338 e. The van der Waals surface area contributed by atoms with E-state index in [1.54, 1.807) is 42.5 Å². The van der Waals surface area contributed by atoms with Gasteiger partial charge in [0, 0.05) is 11.1 Å². The summed E-state index contributed by atoms with van der Waals surface area (Å²) in [6.07, 6.45) is 0. The van der Waals surface area contributed by atoms with Gasteiger partial charge in [-0.15, -0.1) is 0 Å². The third-order valence-corrected chi connectivity index (χ3v) is 4.10. The Hall–Kier alpha value is -3.60. The first-order valence-corrected chi connectivity index (χ1v) is 8.77. The van der Waals surface area contributed by atoms with Crippen molar-refractivity contribution in [3.8, 4) is 11.5 Å². The Balaban J connectivity index is 1.63. The standard InChI is InChI=1S/C23H20O5/c1-26-20-12-7-9-17(14-20)22(24)16-28-23(25)21-13-6-5-8-18(21)15-27-19-10-3-2-4-11-19/h2-14H,15-16H2,1H3. The van der Waals surface area contributed by atoms with Crippen molar-refractivity contribution in [1.29, 1.82) is 0 Å². The molecule has 0 heterocycles. The second kappa shape index (κ2) is 9.37. The van der Waals surface area contributed by atoms with E-state index in [0.717, 1.165) is 0 Å². The molecule has 0 bridgehead atoms. The van der Waals surface area contributed by atoms with Gasteiger partial charge < -0.3 is 14.2 Å². The fraction of sp³-hybridized carbons (Fsp3) is 0.130. The molecule has 0 aromatic heterocycles. The Morgan fingerprint density at radius 1 is 0.821 bits per heavy atom. The molecule has 0 N–H and O–H groups in total. The van der Waals surface area contributed by atoms with E-state index >= 15 is 0 Å². The summed E-state index contributed by atoms with van der Waals surface area (Å²) in [5.74, 6) is 0.410. The van der Waals surface area contributed by atoms with Crippen LogP contribution in [0.5, 0.6) is 11.5 Å². The molecule has 3 aromatic rings. The number of para-hydroxylation sites is 1. The van der Waals surface area contributed by atoms with Crippen LogP contribution in [-0.4, -0.2) is 25.5 Å². The van der Waals surface area contributed by atoms with Gasteiger partial charge in [-0.25, -0.2) is 4.79 Å². The van der Waals surface area contributed by atoms with E-state index in [9.17, 15) is 9.59 Å². The number of rotatable bonds is 8. The molecule has 0 atom stereocenters. The SMILES string of the molecule is COc1cccc(C(=O)COC(=O)c2ccccc2COc2ccccc2)c1. The Labute approximate surface area is 163 Å². The molecule has 0 radical (unpaired) electrons. The van der Waals surface area contributed by atoms with Crippen LogP contribution in [0.3, 0.4) is 0 Å². The molecule has 0 aliphatic rings. The van der Waals surface area contributed by atoms with Crippen LogP contribution in [0.2, 0.25) is 0 Å². The topological polar surface area (TPSA) is 61.8 Å². The highest BCUT2D eigenvalue weighted by molar-refractivity contribution is 5.99. The van der Waals surface area contributed by atoms with Crippen molar-refractivity contribution in [2.75, 3.05) is 13.7 Å². The van der Waals surface area contributed by atoms with E-state index in [2.05, 4.69) is 0 Å². The monoisotopic (exact) mass is 376 g/mol. The van der Waals surface area contributed by atoms with Crippen LogP contribution in [0.4, 0.5) is 0 Å². The Bertz CT molecular complexity index is 950. The van der Waals surface area contributed by atoms with Crippen molar-refractivity contribution in [3.05, 3.63) is 95.6 Å². The molecule has 3 aromatic carbocycles. The zero-order chi connectivity index (χ0) is 19.8. The highest BCUT2D eigenvalue weighted by Gasteiger charge is 2.15. The molecule has 0 saturated carbocycles. The first-order chi connectivity index (χ1) is 13.7. The summed E-state index contributed by atoms with van der Waals surface area (Å²) in [6.45, 7) is -0.126. The molecule has 0 aliphatic carbocycles. The number of ether oxygens (including phenoxy) is 3. The highest BCUT2D eigenvalue weighted by Crippen LogP contribution is 2.17. The minimum absolute atomic E-state index is 0.221. The Morgan fingerprint density at radius 2 is 1.54 bits per heavy atom. The Kier molecular flexibility index (Phi) is 6.41. The van der Waals surface area contributed by atoms with Crippen molar-refractivity contribution in [2.45, 2.75) is 6.61 Å². The average Bonchev–Trinajstić information content (AvgIpc) is 2.76. The molecule has 0 spiro atoms. The lowest BCUT2D eigenvalue weighted by Crippen LogP contribution is -2.16. The van der Waals surface area contributed by atoms with Gasteiger partial charge in [0.1, 0.15) is 18.1 Å². The molecule has 5 heteroatoms. The number of benzene rings is 3. The van der Waals surface area contributed by atoms with Gasteiger partial charge in [0.15, 0.2) is 12.4 Å². The van der Waals surface area contributed by atoms with Gasteiger partial charge in [-0.05, 0) is 30.3 Å². The number of methoxy groups -OCH3 is 1. The third kappa shape index (κ3) is 4.98. The number of hydrogen-bond acceptors (Lipinski definition) is 5. The molecule has 0 fully saturated rings. The van der Waals surface area contributed by atoms with Gasteiger partial charge in [-0.3, -0.25) is 4.79 Å². The van der Waals surface area contributed by atoms with E-state index in [0.29, 0.717) is 28.2 Å². The number of esters is 1. The van der Waals surface area contributed by atoms with Crippen molar-refractivity contribution in [3.63, 3.8) is 0 Å². The maximum absolute atomic E-state index is 12.5. The van der Waals surface area contributed by atoms with Crippen LogP contribution in [-0.2, 0) is 11.3 Å². The lowest BCUT2D eigenvalue weighted by Gasteiger charge is -2.11. The number of carbonyl (C=O) groups excluding carboxylic acids is 2. The van der Waals surface area contributed by atoms with E-state index in [1.807, 2.05) is 36.4 Å². The lowest BCUT2D eigenvalue weighted by molar-refractivity contribution is 0.0472. The van der Waals surface area contributed by atoms with Gasteiger partial charge in [0.25, 0.3) is 0 Å². The maximum Gasteiger partial charge on any atom is 0.338 e. The van der Waals surface area contributed by atoms with Crippen molar-refractivity contribution >= 4 is 11.8 Å². The van der Waals surface area contributed by atoms with Crippen molar-refractivity contribution < 1.29 is 23.8 Å². The second-order valence-electron chi connectivity index (χ2n) is 5.99. The lowest BCUT2D eigenvalue weighted by atomic mass is 10.1. The predicted octanol–water partition coefficient (Wildman–Crippen LogP) is 4.31. The quantitative estimate of drug-likeness (QED) is 0.433. The summed E-state index contributed by atoms with van der Waals surface area (Å²) in [5, 5.41) is 0. The van der Waals surface area contributed by atoms with Crippen LogP contribution in [0, 0.1) is 0 Å². The zero-order valence-corrected chi connectivity index (χ0v) is 15.5. The van der Waals surface area contributed by atoms with Gasteiger partial charge in [-0.2, -0.15) is 0 Å². The third-order valence-electron chi connectivity index (χ3n) is 4.10. The fourth-order valence-electron chi connectivity index (χ4n) is 2.61. The first kappa shape index (κ1) is 19.2. The zero-order valence-electron chi connectivity index (χ0n) is 15.5. The largest absolute Gasteiger partial charge is 0.497 e. The predicted molar refractivity (Wildman–Crippen MR) is 105 cm³/mol. The van der Waals surface area contributed by atoms with Crippen LogP contribution in [0.25, 0.3) is 0 Å². The summed E-state index contributed by atoms with van der Waals surface area (Å²) in [6, 6.07) is 23.1. The van der Waals surface area contributed by atoms with Crippen molar-refractivity contribution in [2.24, 2.45) is 0 Å². The molecule has 142 valence electrons. The molecular weight excluding hydrogens is 356 g/mol. The first-order valence-electron chi connectivity index (χ1n) is 8.77. The van der Waals surface area contributed by atoms with Crippen LogP contribution < -0.4 is 9.47 Å². The molecule has 0 amide bonds. The molecule has 0 saturated heterocycles. The average molecular weight is 376 g/mol. The summed E-state index contributed by atoms with van der Waals surface area (Å²) in [5.41, 5.74) is 1.48. The van der Waals surface area contributed by atoms with E-state index in [-0.39, 0.29) is 19.0 Å². The molecule has 28 heavy (non-hydrogen) atoms. The molecule has 5 nitrogen and oxygen atoms in total. The Morgan fingerprint density at radius 3 is 2.32 bits per heavy atom. The fourth-order valence-corrected chi connectivity index (χ4v) is 2.61. The van der Waals surface area contributed by atoms with Gasteiger partial charge in [0.05, 0.1) is 12.7 Å². The number of ketones is 1. The highest BCUT2D eigenvalue weighted by atomic mass is 16.5. The van der Waals surface area contributed by atoms with Crippen LogP contribution in [0.1, 0.15) is 26.3 Å². The summed E-state index contributed by atoms with van der Waals surface area (Å²) in [4.78, 5) is 24.8. The van der Waals surface area contributed by atoms with E-state index < -0.39 is 5.97 Å². The van der Waals surface area contributed by atoms with Gasteiger partial charge >= 0.3 is 5.97 Å². The second-order valence-corrected chi connectivity index (χ2v) is 5.99. The number of carbonyl (C=O) groups is 2. The van der Waals surface area contributed by atoms with Gasteiger partial charge in [0.2, 0.25) is 0 Å². The molecular formula is C23H20O5. The molecule has 3 rings (SSSR count).